The normalized spacial score (nSPS) is 23.2. The molecule has 1 unspecified atom stereocenters. The van der Waals surface area contributed by atoms with Gasteiger partial charge in [-0.3, -0.25) is 14.5 Å². The van der Waals surface area contributed by atoms with Crippen LogP contribution in [0.25, 0.3) is 0 Å². The fraction of sp³-hybridized carbons (Fsp3) is 0.576. The molecule has 3 fully saturated rings. The Bertz CT molecular complexity index is 1290. The highest BCUT2D eigenvalue weighted by Crippen LogP contribution is 2.40. The number of nitrogens with one attached hydrogen (secondary N) is 1. The van der Waals surface area contributed by atoms with E-state index in [1.807, 2.05) is 17.9 Å². The molecule has 1 N–H and O–H groups in total. The Labute approximate surface area is 252 Å². The molecule has 0 aliphatic carbocycles. The third-order valence-electron chi connectivity index (χ3n) is 9.51. The smallest absolute Gasteiger partial charge is 0.227 e. The van der Waals surface area contributed by atoms with Gasteiger partial charge in [-0.2, -0.15) is 0 Å². The van der Waals surface area contributed by atoms with Crippen LogP contribution in [0, 0.1) is 24.5 Å². The molecule has 5 rings (SSSR count). The van der Waals surface area contributed by atoms with E-state index in [9.17, 15) is 14.0 Å². The number of aryl methyl sites for hydroxylation is 1. The first-order valence-electron chi connectivity index (χ1n) is 15.3. The molecule has 0 spiro atoms. The minimum absolute atomic E-state index is 0.0450. The second kappa shape index (κ2) is 13.4. The van der Waals surface area contributed by atoms with Gasteiger partial charge in [-0.25, -0.2) is 8.78 Å². The summed E-state index contributed by atoms with van der Waals surface area (Å²) in [5.74, 6) is -1.73. The highest BCUT2D eigenvalue weighted by molar-refractivity contribution is 6.31. The van der Waals surface area contributed by atoms with Crippen molar-refractivity contribution in [2.24, 2.45) is 5.92 Å². The van der Waals surface area contributed by atoms with Gasteiger partial charge in [-0.1, -0.05) is 30.7 Å². The van der Waals surface area contributed by atoms with Crippen molar-refractivity contribution in [3.8, 4) is 0 Å². The van der Waals surface area contributed by atoms with Crippen molar-refractivity contribution in [3.63, 3.8) is 0 Å². The number of amides is 2. The lowest BCUT2D eigenvalue weighted by atomic mass is 9.82. The van der Waals surface area contributed by atoms with Gasteiger partial charge in [0.2, 0.25) is 11.8 Å². The number of nitrogens with zero attached hydrogens (tertiary/aromatic N) is 2. The molecule has 228 valence electrons. The fourth-order valence-corrected chi connectivity index (χ4v) is 7.39. The molecule has 9 heteroatoms. The predicted octanol–water partition coefficient (Wildman–Crippen LogP) is 6.11. The van der Waals surface area contributed by atoms with Crippen LogP contribution in [0.4, 0.5) is 8.78 Å². The Balaban J connectivity index is 1.34. The van der Waals surface area contributed by atoms with E-state index >= 15 is 4.39 Å². The first-order chi connectivity index (χ1) is 20.2. The van der Waals surface area contributed by atoms with Crippen molar-refractivity contribution >= 4 is 23.4 Å². The summed E-state index contributed by atoms with van der Waals surface area (Å²) in [6, 6.07) is 8.05. The number of halogens is 3. The van der Waals surface area contributed by atoms with E-state index < -0.39 is 17.6 Å². The van der Waals surface area contributed by atoms with Crippen LogP contribution in [-0.2, 0) is 14.3 Å². The van der Waals surface area contributed by atoms with Crippen LogP contribution in [0.15, 0.2) is 30.3 Å². The average molecular weight is 602 g/mol. The van der Waals surface area contributed by atoms with Crippen molar-refractivity contribution in [2.75, 3.05) is 39.4 Å². The second-order valence-corrected chi connectivity index (χ2v) is 12.6. The van der Waals surface area contributed by atoms with Crippen molar-refractivity contribution < 1.29 is 23.1 Å². The summed E-state index contributed by atoms with van der Waals surface area (Å²) in [5.41, 5.74) is 3.62. The Morgan fingerprint density at radius 1 is 1.05 bits per heavy atom. The summed E-state index contributed by atoms with van der Waals surface area (Å²) in [6.07, 6.45) is 4.10. The molecule has 3 saturated heterocycles. The Morgan fingerprint density at radius 2 is 1.76 bits per heavy atom. The number of benzene rings is 2. The van der Waals surface area contributed by atoms with E-state index in [0.717, 1.165) is 54.9 Å². The first-order valence-corrected chi connectivity index (χ1v) is 15.7. The summed E-state index contributed by atoms with van der Waals surface area (Å²) >= 11 is 6.58. The van der Waals surface area contributed by atoms with Gasteiger partial charge in [0.1, 0.15) is 11.6 Å². The van der Waals surface area contributed by atoms with Crippen LogP contribution in [0.1, 0.15) is 86.1 Å². The van der Waals surface area contributed by atoms with Crippen molar-refractivity contribution in [2.45, 2.75) is 76.8 Å². The molecule has 0 bridgehead atoms. The lowest BCUT2D eigenvalue weighted by molar-refractivity contribution is -0.136. The summed E-state index contributed by atoms with van der Waals surface area (Å²) in [4.78, 5) is 30.3. The van der Waals surface area contributed by atoms with E-state index in [-0.39, 0.29) is 29.7 Å². The predicted molar refractivity (Wildman–Crippen MR) is 160 cm³/mol. The van der Waals surface area contributed by atoms with Crippen molar-refractivity contribution in [3.05, 3.63) is 69.2 Å². The zero-order chi connectivity index (χ0) is 30.0. The molecule has 0 saturated carbocycles. The maximum Gasteiger partial charge on any atom is 0.227 e. The van der Waals surface area contributed by atoms with Gasteiger partial charge >= 0.3 is 0 Å². The molecule has 0 radical (unpaired) electrons. The number of ether oxygens (including phenoxy) is 1. The monoisotopic (exact) mass is 601 g/mol. The zero-order valence-electron chi connectivity index (χ0n) is 24.8. The highest BCUT2D eigenvalue weighted by atomic mass is 35.5. The van der Waals surface area contributed by atoms with Gasteiger partial charge in [0.05, 0.1) is 12.0 Å². The molecule has 42 heavy (non-hydrogen) atoms. The van der Waals surface area contributed by atoms with Crippen molar-refractivity contribution in [1.29, 1.82) is 0 Å². The van der Waals surface area contributed by atoms with E-state index in [0.29, 0.717) is 56.0 Å². The maximum absolute atomic E-state index is 15.0. The molecule has 2 amide bonds. The third-order valence-corrected chi connectivity index (χ3v) is 9.91. The van der Waals surface area contributed by atoms with E-state index in [1.54, 1.807) is 0 Å². The van der Waals surface area contributed by atoms with Crippen LogP contribution in [0.3, 0.4) is 0 Å². The molecule has 3 atom stereocenters. The Morgan fingerprint density at radius 3 is 2.40 bits per heavy atom. The van der Waals surface area contributed by atoms with Gasteiger partial charge in [-0.05, 0) is 79.3 Å². The number of likely N-dealkylation sites (tertiary alicyclic amines) is 2. The molecule has 3 aliphatic rings. The van der Waals surface area contributed by atoms with Gasteiger partial charge < -0.3 is 15.0 Å². The topological polar surface area (TPSA) is 61.9 Å². The van der Waals surface area contributed by atoms with Gasteiger partial charge in [0.25, 0.3) is 0 Å². The average Bonchev–Trinajstić information content (AvgIpc) is 3.42. The molecular formula is C33H42ClF2N3O3. The van der Waals surface area contributed by atoms with Crippen LogP contribution in [0.5, 0.6) is 0 Å². The lowest BCUT2D eigenvalue weighted by Crippen LogP contribution is -2.44. The molecule has 2 aromatic carbocycles. The van der Waals surface area contributed by atoms with Crippen LogP contribution < -0.4 is 5.32 Å². The molecule has 6 nitrogen and oxygen atoms in total. The van der Waals surface area contributed by atoms with Gasteiger partial charge in [0.15, 0.2) is 0 Å². The number of hydrogen-bond acceptors (Lipinski definition) is 4. The number of carbonyl (C=O) groups excluding carboxylic acids is 2. The number of hydrogen-bond donors (Lipinski definition) is 1. The van der Waals surface area contributed by atoms with Gasteiger partial charge in [-0.15, -0.1) is 0 Å². The molecular weight excluding hydrogens is 560 g/mol. The SMILES string of the molecule is CC[C@H](NC(C)=O)c1cc(C)c(Cl)cc1C1CCN(C(=O)C2CN(C3CCOCC3)C[C@H]2c2ccc(F)cc2F)CC1. The third kappa shape index (κ3) is 6.66. The lowest BCUT2D eigenvalue weighted by Gasteiger charge is -2.36. The first kappa shape index (κ1) is 30.9. The van der Waals surface area contributed by atoms with Gasteiger partial charge in [0, 0.05) is 69.4 Å². The number of carbonyl (C=O) groups is 2. The van der Waals surface area contributed by atoms with E-state index in [1.165, 1.54) is 19.1 Å². The minimum atomic E-state index is -0.611. The number of piperidine rings is 1. The Hall–Kier alpha value is -2.55. The minimum Gasteiger partial charge on any atom is -0.381 e. The molecule has 0 aromatic heterocycles. The standard InChI is InChI=1S/C33H42ClF2N3O3/c1-4-32(37-21(3)40)27-15-20(2)30(34)17-26(27)22-7-11-38(12-8-22)33(41)29-19-39(24-9-13-42-14-10-24)18-28(29)25-6-5-23(35)16-31(25)36/h5-6,15-17,22,24,28-29,32H,4,7-14,18-19H2,1-3H3,(H,37,40)/t28-,29?,32-/m0/s1. The summed E-state index contributed by atoms with van der Waals surface area (Å²) in [6.45, 7) is 9.28. The molecule has 3 heterocycles. The van der Waals surface area contributed by atoms with Crippen molar-refractivity contribution in [1.82, 2.24) is 15.1 Å². The largest absolute Gasteiger partial charge is 0.381 e. The van der Waals surface area contributed by atoms with E-state index in [4.69, 9.17) is 16.3 Å². The fourth-order valence-electron chi connectivity index (χ4n) is 7.22. The van der Waals surface area contributed by atoms with E-state index in [2.05, 4.69) is 23.2 Å². The Kier molecular flexibility index (Phi) is 9.85. The quantitative estimate of drug-likeness (QED) is 0.416. The van der Waals surface area contributed by atoms with Crippen LogP contribution in [0.2, 0.25) is 5.02 Å². The highest BCUT2D eigenvalue weighted by Gasteiger charge is 2.44. The number of rotatable bonds is 7. The maximum atomic E-state index is 15.0. The summed E-state index contributed by atoms with van der Waals surface area (Å²) in [5, 5.41) is 3.78. The zero-order valence-corrected chi connectivity index (χ0v) is 25.6. The summed E-state index contributed by atoms with van der Waals surface area (Å²) in [7, 11) is 0. The van der Waals surface area contributed by atoms with Crippen LogP contribution in [-0.4, -0.2) is 67.0 Å². The van der Waals surface area contributed by atoms with Crippen LogP contribution >= 0.6 is 11.6 Å². The second-order valence-electron chi connectivity index (χ2n) is 12.2. The summed E-state index contributed by atoms with van der Waals surface area (Å²) < 4.78 is 34.3. The molecule has 3 aliphatic heterocycles. The molecule has 2 aromatic rings.